The average molecular weight is 414 g/mol. The number of benzene rings is 1. The second-order valence-electron chi connectivity index (χ2n) is 8.19. The van der Waals surface area contributed by atoms with Gasteiger partial charge in [-0.3, -0.25) is 4.79 Å². The highest BCUT2D eigenvalue weighted by molar-refractivity contribution is 5.96. The van der Waals surface area contributed by atoms with Crippen LogP contribution in [0.4, 0.5) is 5.82 Å². The van der Waals surface area contributed by atoms with Gasteiger partial charge in [0.2, 0.25) is 5.88 Å². The number of aryl methyl sites for hydroxylation is 1. The molecule has 5 nitrogen and oxygen atoms in total. The molecule has 0 atom stereocenters. The Morgan fingerprint density at radius 3 is 2.65 bits per heavy atom. The number of nitrogens with two attached hydrogens (primary N) is 1. The molecule has 0 amide bonds. The number of hydrogen-bond acceptors (Lipinski definition) is 5. The second-order valence-corrected chi connectivity index (χ2v) is 8.19. The maximum absolute atomic E-state index is 12.5. The average Bonchev–Trinajstić information content (AvgIpc) is 2.77. The van der Waals surface area contributed by atoms with Crippen molar-refractivity contribution in [3.63, 3.8) is 0 Å². The topological polar surface area (TPSA) is 78.1 Å². The molecule has 1 aromatic carbocycles. The minimum atomic E-state index is 0.152. The van der Waals surface area contributed by atoms with Gasteiger partial charge in [0.25, 0.3) is 0 Å². The van der Waals surface area contributed by atoms with Crippen LogP contribution >= 0.6 is 0 Å². The van der Waals surface area contributed by atoms with Crippen molar-refractivity contribution in [1.29, 1.82) is 0 Å². The molecule has 0 unspecified atom stereocenters. The first-order valence-electron chi connectivity index (χ1n) is 10.7. The zero-order valence-electron chi connectivity index (χ0n) is 17.8. The summed E-state index contributed by atoms with van der Waals surface area (Å²) in [6, 6.07) is 15.4. The molecule has 1 aliphatic carbocycles. The van der Waals surface area contributed by atoms with Crippen LogP contribution in [0.1, 0.15) is 53.6 Å². The van der Waals surface area contributed by atoms with Crippen LogP contribution in [0.15, 0.2) is 66.5 Å². The van der Waals surface area contributed by atoms with Gasteiger partial charge in [0.1, 0.15) is 11.6 Å². The Bertz CT molecular complexity index is 1060. The Morgan fingerprint density at radius 1 is 1.10 bits per heavy atom. The number of ketones is 1. The zero-order chi connectivity index (χ0) is 21.6. The quantitative estimate of drug-likeness (QED) is 0.501. The Labute approximate surface area is 183 Å². The second kappa shape index (κ2) is 9.56. The van der Waals surface area contributed by atoms with E-state index in [4.69, 9.17) is 10.5 Å². The van der Waals surface area contributed by atoms with Crippen LogP contribution in [0.25, 0.3) is 6.08 Å². The number of rotatable bonds is 6. The highest BCUT2D eigenvalue weighted by Gasteiger charge is 2.20. The lowest BCUT2D eigenvalue weighted by Crippen LogP contribution is -2.13. The van der Waals surface area contributed by atoms with Crippen molar-refractivity contribution in [1.82, 2.24) is 9.97 Å². The fourth-order valence-electron chi connectivity index (χ4n) is 3.89. The number of allylic oxidation sites excluding steroid dienone is 1. The summed E-state index contributed by atoms with van der Waals surface area (Å²) >= 11 is 0. The Hall–Kier alpha value is -3.47. The van der Waals surface area contributed by atoms with E-state index in [0.717, 1.165) is 42.6 Å². The summed E-state index contributed by atoms with van der Waals surface area (Å²) in [6.07, 6.45) is 10.3. The smallest absolute Gasteiger partial charge is 0.219 e. The van der Waals surface area contributed by atoms with Gasteiger partial charge in [0, 0.05) is 30.4 Å². The lowest BCUT2D eigenvalue weighted by atomic mass is 9.82. The fraction of sp³-hybridized carbons (Fsp3) is 0.269. The van der Waals surface area contributed by atoms with E-state index >= 15 is 0 Å². The number of carbonyl (C=O) groups is 1. The van der Waals surface area contributed by atoms with Gasteiger partial charge in [-0.15, -0.1) is 0 Å². The predicted molar refractivity (Wildman–Crippen MR) is 123 cm³/mol. The van der Waals surface area contributed by atoms with E-state index < -0.39 is 0 Å². The van der Waals surface area contributed by atoms with Crippen molar-refractivity contribution in [2.75, 3.05) is 5.73 Å². The van der Waals surface area contributed by atoms with Gasteiger partial charge in [-0.25, -0.2) is 9.97 Å². The number of Topliss-reactive ketones (excluding diaryl/α,β-unsaturated/α-hetero) is 1. The molecule has 158 valence electrons. The number of hydrogen-bond donors (Lipinski definition) is 1. The van der Waals surface area contributed by atoms with E-state index in [-0.39, 0.29) is 5.78 Å². The fourth-order valence-corrected chi connectivity index (χ4v) is 3.89. The van der Waals surface area contributed by atoms with E-state index in [1.807, 2.05) is 37.3 Å². The molecule has 5 heteroatoms. The van der Waals surface area contributed by atoms with Crippen molar-refractivity contribution < 1.29 is 9.53 Å². The maximum Gasteiger partial charge on any atom is 0.219 e. The van der Waals surface area contributed by atoms with Crippen LogP contribution < -0.4 is 10.5 Å². The van der Waals surface area contributed by atoms with Crippen molar-refractivity contribution in [3.05, 3.63) is 83.2 Å². The molecule has 0 aliphatic heterocycles. The van der Waals surface area contributed by atoms with Gasteiger partial charge < -0.3 is 10.5 Å². The normalized spacial score (nSPS) is 16.0. The predicted octanol–water partition coefficient (Wildman–Crippen LogP) is 6.01. The summed E-state index contributed by atoms with van der Waals surface area (Å²) in [5, 5.41) is 0. The van der Waals surface area contributed by atoms with Crippen LogP contribution in [0.3, 0.4) is 0 Å². The van der Waals surface area contributed by atoms with Crippen molar-refractivity contribution in [2.24, 2.45) is 5.92 Å². The van der Waals surface area contributed by atoms with Crippen LogP contribution in [0, 0.1) is 12.8 Å². The molecule has 2 heterocycles. The summed E-state index contributed by atoms with van der Waals surface area (Å²) in [5.74, 6) is 2.39. The highest BCUT2D eigenvalue weighted by atomic mass is 16.5. The molecule has 1 fully saturated rings. The van der Waals surface area contributed by atoms with Crippen LogP contribution in [-0.2, 0) is 0 Å². The molecule has 0 radical (unpaired) electrons. The van der Waals surface area contributed by atoms with Gasteiger partial charge in [0.15, 0.2) is 5.78 Å². The first-order valence-corrected chi connectivity index (χ1v) is 10.7. The number of nitrogen functional groups attached to an aromatic ring is 1. The molecule has 0 bridgehead atoms. The minimum absolute atomic E-state index is 0.152. The molecule has 4 rings (SSSR count). The summed E-state index contributed by atoms with van der Waals surface area (Å²) < 4.78 is 5.88. The van der Waals surface area contributed by atoms with E-state index in [1.165, 1.54) is 5.57 Å². The molecular formula is C26H27N3O2. The number of aromatic nitrogens is 2. The first kappa shape index (κ1) is 20.8. The van der Waals surface area contributed by atoms with E-state index in [0.29, 0.717) is 29.6 Å². The van der Waals surface area contributed by atoms with E-state index in [9.17, 15) is 4.79 Å². The molecule has 3 aromatic rings. The third-order valence-electron chi connectivity index (χ3n) is 5.67. The van der Waals surface area contributed by atoms with Crippen molar-refractivity contribution >= 4 is 17.7 Å². The minimum Gasteiger partial charge on any atom is -0.439 e. The summed E-state index contributed by atoms with van der Waals surface area (Å²) in [5.41, 5.74) is 9.90. The van der Waals surface area contributed by atoms with Gasteiger partial charge in [-0.05, 0) is 73.9 Å². The monoisotopic (exact) mass is 413 g/mol. The maximum atomic E-state index is 12.5. The van der Waals surface area contributed by atoms with Crippen molar-refractivity contribution in [2.45, 2.75) is 39.0 Å². The molecule has 1 aliphatic rings. The number of pyridine rings is 2. The van der Waals surface area contributed by atoms with Crippen LogP contribution in [0.2, 0.25) is 0 Å². The van der Waals surface area contributed by atoms with Crippen molar-refractivity contribution in [3.8, 4) is 11.6 Å². The third kappa shape index (κ3) is 5.79. The van der Waals surface area contributed by atoms with E-state index in [2.05, 4.69) is 22.1 Å². The zero-order valence-corrected chi connectivity index (χ0v) is 17.8. The Kier molecular flexibility index (Phi) is 6.41. The Morgan fingerprint density at radius 2 is 1.94 bits per heavy atom. The van der Waals surface area contributed by atoms with Crippen LogP contribution in [-0.4, -0.2) is 15.8 Å². The molecule has 2 N–H and O–H groups in total. The summed E-state index contributed by atoms with van der Waals surface area (Å²) in [4.78, 5) is 20.8. The lowest BCUT2D eigenvalue weighted by Gasteiger charge is -2.23. The molecule has 0 saturated heterocycles. The molecular weight excluding hydrogens is 386 g/mol. The third-order valence-corrected chi connectivity index (χ3v) is 5.67. The SMILES string of the molecule is Cc1ccc(Oc2cccc(C=C3CCC(CC(=O)c4ccc(N)nc4)CC3)c2)nc1. The molecule has 1 saturated carbocycles. The lowest BCUT2D eigenvalue weighted by molar-refractivity contribution is 0.0953. The standard InChI is InChI=1S/C26H27N3O2/c1-18-5-12-26(29-16-18)31-23-4-2-3-21(14-23)13-19-6-8-20(9-7-19)15-24(30)22-10-11-25(27)28-17-22/h2-5,10-14,16-17,20H,6-9,15H2,1H3,(H2,27,28). The molecule has 31 heavy (non-hydrogen) atoms. The molecule has 2 aromatic heterocycles. The van der Waals surface area contributed by atoms with Gasteiger partial charge >= 0.3 is 0 Å². The number of anilines is 1. The summed E-state index contributed by atoms with van der Waals surface area (Å²) in [6.45, 7) is 2.00. The van der Waals surface area contributed by atoms with Crippen LogP contribution in [0.5, 0.6) is 11.6 Å². The molecule has 0 spiro atoms. The van der Waals surface area contributed by atoms with Gasteiger partial charge in [-0.1, -0.05) is 29.8 Å². The number of carbonyl (C=O) groups excluding carboxylic acids is 1. The largest absolute Gasteiger partial charge is 0.439 e. The summed E-state index contributed by atoms with van der Waals surface area (Å²) in [7, 11) is 0. The number of nitrogens with zero attached hydrogens (tertiary/aromatic N) is 2. The first-order chi connectivity index (χ1) is 15.0. The Balaban J connectivity index is 1.33. The van der Waals surface area contributed by atoms with Gasteiger partial charge in [-0.2, -0.15) is 0 Å². The van der Waals surface area contributed by atoms with Gasteiger partial charge in [0.05, 0.1) is 0 Å². The number of ether oxygens (including phenoxy) is 1. The van der Waals surface area contributed by atoms with E-state index in [1.54, 1.807) is 24.5 Å². The highest BCUT2D eigenvalue weighted by Crippen LogP contribution is 2.33.